The number of hydrogen-bond acceptors (Lipinski definition) is 5. The molecule has 0 saturated carbocycles. The maximum absolute atomic E-state index is 13.1. The predicted octanol–water partition coefficient (Wildman–Crippen LogP) is 2.44. The fraction of sp³-hybridized carbons (Fsp3) is 0.364. The van der Waals surface area contributed by atoms with E-state index >= 15 is 0 Å². The van der Waals surface area contributed by atoms with Crippen molar-refractivity contribution in [2.75, 3.05) is 11.9 Å². The Hall–Kier alpha value is -3.20. The second-order valence-corrected chi connectivity index (χ2v) is 9.19. The molecule has 1 atom stereocenters. The van der Waals surface area contributed by atoms with E-state index in [1.807, 2.05) is 19.1 Å². The molecule has 1 fully saturated rings. The minimum atomic E-state index is -1.25. The highest BCUT2D eigenvalue weighted by molar-refractivity contribution is 7.17. The minimum absolute atomic E-state index is 0.343. The van der Waals surface area contributed by atoms with Crippen molar-refractivity contribution in [3.8, 4) is 0 Å². The molecular formula is C22H24N4O4S. The lowest BCUT2D eigenvalue weighted by Crippen LogP contribution is -2.42. The van der Waals surface area contributed by atoms with Gasteiger partial charge in [-0.25, -0.2) is 4.79 Å². The molecule has 5 amide bonds. The van der Waals surface area contributed by atoms with Crippen LogP contribution in [0.25, 0.3) is 0 Å². The van der Waals surface area contributed by atoms with Crippen LogP contribution in [0.3, 0.4) is 0 Å². The van der Waals surface area contributed by atoms with E-state index in [1.54, 1.807) is 19.1 Å². The molecule has 1 aromatic carbocycles. The Morgan fingerprint density at radius 3 is 2.65 bits per heavy atom. The first-order valence-corrected chi connectivity index (χ1v) is 11.0. The molecule has 9 heteroatoms. The number of primary amides is 1. The van der Waals surface area contributed by atoms with E-state index in [4.69, 9.17) is 5.73 Å². The summed E-state index contributed by atoms with van der Waals surface area (Å²) in [6, 6.07) is 6.66. The number of urea groups is 1. The van der Waals surface area contributed by atoms with Gasteiger partial charge < -0.3 is 16.4 Å². The largest absolute Gasteiger partial charge is 0.365 e. The standard InChI is InChI=1S/C22H24N4O4S/c1-12-7-3-5-9-14(12)22(2)20(29)26(21(30)25-22)11-16(27)24-19-17(18(23)28)13-8-4-6-10-15(13)31-19/h3,5,7,9H,4,6,8,10-11H2,1-2H3,(H2,23,28)(H,24,27)(H,25,30). The van der Waals surface area contributed by atoms with Crippen LogP contribution in [0.5, 0.6) is 0 Å². The Kier molecular flexibility index (Phi) is 5.30. The van der Waals surface area contributed by atoms with Crippen LogP contribution in [-0.4, -0.2) is 35.2 Å². The van der Waals surface area contributed by atoms with Crippen LogP contribution in [-0.2, 0) is 28.0 Å². The summed E-state index contributed by atoms with van der Waals surface area (Å²) in [5, 5.41) is 5.80. The fourth-order valence-electron chi connectivity index (χ4n) is 4.38. The van der Waals surface area contributed by atoms with Crippen molar-refractivity contribution in [1.82, 2.24) is 10.2 Å². The van der Waals surface area contributed by atoms with E-state index in [0.29, 0.717) is 16.1 Å². The molecule has 2 aliphatic rings. The zero-order valence-electron chi connectivity index (χ0n) is 17.4. The third kappa shape index (κ3) is 3.59. The van der Waals surface area contributed by atoms with Crippen molar-refractivity contribution in [2.24, 2.45) is 5.73 Å². The molecular weight excluding hydrogens is 416 g/mol. The second-order valence-electron chi connectivity index (χ2n) is 8.09. The normalized spacial score (nSPS) is 20.4. The molecule has 0 bridgehead atoms. The van der Waals surface area contributed by atoms with Crippen molar-refractivity contribution in [3.63, 3.8) is 0 Å². The molecule has 1 aromatic heterocycles. The van der Waals surface area contributed by atoms with Gasteiger partial charge in [-0.1, -0.05) is 24.3 Å². The molecule has 1 saturated heterocycles. The van der Waals surface area contributed by atoms with Gasteiger partial charge in [-0.15, -0.1) is 11.3 Å². The number of rotatable bonds is 5. The second kappa shape index (κ2) is 7.81. The van der Waals surface area contributed by atoms with Crippen molar-refractivity contribution in [3.05, 3.63) is 51.4 Å². The Bertz CT molecular complexity index is 1110. The van der Waals surface area contributed by atoms with Gasteiger partial charge in [0.25, 0.3) is 11.8 Å². The number of amides is 5. The number of imide groups is 1. The summed E-state index contributed by atoms with van der Waals surface area (Å²) in [5.74, 6) is -1.64. The van der Waals surface area contributed by atoms with Crippen LogP contribution in [0.1, 0.15) is 51.7 Å². The van der Waals surface area contributed by atoms with Crippen LogP contribution in [0.15, 0.2) is 24.3 Å². The van der Waals surface area contributed by atoms with Gasteiger partial charge >= 0.3 is 6.03 Å². The highest BCUT2D eigenvalue weighted by atomic mass is 32.1. The Morgan fingerprint density at radius 2 is 1.94 bits per heavy atom. The molecule has 1 aliphatic carbocycles. The molecule has 4 N–H and O–H groups in total. The van der Waals surface area contributed by atoms with Gasteiger partial charge in [-0.2, -0.15) is 0 Å². The monoisotopic (exact) mass is 440 g/mol. The lowest BCUT2D eigenvalue weighted by molar-refractivity contribution is -0.133. The van der Waals surface area contributed by atoms with Crippen LogP contribution in [0, 0.1) is 6.92 Å². The third-order valence-corrected chi connectivity index (χ3v) is 7.14. The summed E-state index contributed by atoms with van der Waals surface area (Å²) < 4.78 is 0. The summed E-state index contributed by atoms with van der Waals surface area (Å²) >= 11 is 1.34. The number of anilines is 1. The summed E-state index contributed by atoms with van der Waals surface area (Å²) in [4.78, 5) is 52.3. The van der Waals surface area contributed by atoms with Crippen molar-refractivity contribution < 1.29 is 19.2 Å². The van der Waals surface area contributed by atoms with E-state index in [9.17, 15) is 19.2 Å². The molecule has 162 valence electrons. The van der Waals surface area contributed by atoms with Crippen molar-refractivity contribution >= 4 is 40.1 Å². The molecule has 2 heterocycles. The van der Waals surface area contributed by atoms with Crippen molar-refractivity contribution in [1.29, 1.82) is 0 Å². The van der Waals surface area contributed by atoms with E-state index in [-0.39, 0.29) is 0 Å². The molecule has 1 aliphatic heterocycles. The van der Waals surface area contributed by atoms with E-state index in [0.717, 1.165) is 46.6 Å². The van der Waals surface area contributed by atoms with Crippen LogP contribution >= 0.6 is 11.3 Å². The van der Waals surface area contributed by atoms with E-state index in [1.165, 1.54) is 11.3 Å². The van der Waals surface area contributed by atoms with Gasteiger partial charge in [0.15, 0.2) is 0 Å². The average Bonchev–Trinajstić information content (AvgIpc) is 3.18. The van der Waals surface area contributed by atoms with Crippen molar-refractivity contribution in [2.45, 2.75) is 45.1 Å². The van der Waals surface area contributed by atoms with Gasteiger partial charge in [0, 0.05) is 4.88 Å². The summed E-state index contributed by atoms with van der Waals surface area (Å²) in [6.45, 7) is 3.04. The number of thiophene rings is 1. The smallest absolute Gasteiger partial charge is 0.325 e. The lowest BCUT2D eigenvalue weighted by Gasteiger charge is -2.24. The number of benzene rings is 1. The highest BCUT2D eigenvalue weighted by Crippen LogP contribution is 2.38. The highest BCUT2D eigenvalue weighted by Gasteiger charge is 2.50. The molecule has 31 heavy (non-hydrogen) atoms. The number of nitrogens with one attached hydrogen (secondary N) is 2. The number of hydrogen-bond donors (Lipinski definition) is 3. The molecule has 8 nitrogen and oxygen atoms in total. The number of aryl methyl sites for hydroxylation is 2. The molecule has 0 spiro atoms. The molecule has 0 radical (unpaired) electrons. The van der Waals surface area contributed by atoms with Crippen LogP contribution in [0.2, 0.25) is 0 Å². The topological polar surface area (TPSA) is 122 Å². The molecule has 4 rings (SSSR count). The average molecular weight is 441 g/mol. The van der Waals surface area contributed by atoms with Gasteiger partial charge in [-0.3, -0.25) is 19.3 Å². The Labute approximate surface area is 183 Å². The summed E-state index contributed by atoms with van der Waals surface area (Å²) in [5.41, 5.74) is 7.11. The van der Waals surface area contributed by atoms with Gasteiger partial charge in [0.05, 0.1) is 5.56 Å². The van der Waals surface area contributed by atoms with Gasteiger partial charge in [0.1, 0.15) is 17.1 Å². The van der Waals surface area contributed by atoms with E-state index < -0.39 is 35.8 Å². The maximum Gasteiger partial charge on any atom is 0.325 e. The summed E-state index contributed by atoms with van der Waals surface area (Å²) in [7, 11) is 0. The first-order chi connectivity index (χ1) is 14.7. The summed E-state index contributed by atoms with van der Waals surface area (Å²) in [6.07, 6.45) is 3.59. The SMILES string of the molecule is Cc1ccccc1C1(C)NC(=O)N(CC(=O)Nc2sc3c(c2C(N)=O)CCCC3)C1=O. The lowest BCUT2D eigenvalue weighted by atomic mass is 9.88. The Balaban J connectivity index is 1.54. The number of carbonyl (C=O) groups is 4. The molecule has 1 unspecified atom stereocenters. The number of fused-ring (bicyclic) bond motifs is 1. The first kappa shape index (κ1) is 21.0. The minimum Gasteiger partial charge on any atom is -0.365 e. The van der Waals surface area contributed by atoms with Crippen LogP contribution in [0.4, 0.5) is 9.80 Å². The number of nitrogens with two attached hydrogens (primary N) is 1. The zero-order chi connectivity index (χ0) is 22.3. The first-order valence-electron chi connectivity index (χ1n) is 10.2. The number of nitrogens with zero attached hydrogens (tertiary/aromatic N) is 1. The third-order valence-electron chi connectivity index (χ3n) is 5.93. The Morgan fingerprint density at radius 1 is 1.23 bits per heavy atom. The van der Waals surface area contributed by atoms with Gasteiger partial charge in [0.2, 0.25) is 5.91 Å². The maximum atomic E-state index is 13.1. The van der Waals surface area contributed by atoms with Crippen LogP contribution < -0.4 is 16.4 Å². The molecule has 2 aromatic rings. The number of carbonyl (C=O) groups excluding carboxylic acids is 4. The zero-order valence-corrected chi connectivity index (χ0v) is 18.2. The van der Waals surface area contributed by atoms with Gasteiger partial charge in [-0.05, 0) is 56.2 Å². The predicted molar refractivity (Wildman–Crippen MR) is 117 cm³/mol. The quantitative estimate of drug-likeness (QED) is 0.618. The fourth-order valence-corrected chi connectivity index (χ4v) is 5.69. The van der Waals surface area contributed by atoms with E-state index in [2.05, 4.69) is 10.6 Å².